The number of hydrogen-bond acceptors (Lipinski definition) is 9. The lowest BCUT2D eigenvalue weighted by molar-refractivity contribution is -0.292. The van der Waals surface area contributed by atoms with Crippen LogP contribution >= 0.6 is 0 Å². The van der Waals surface area contributed by atoms with Gasteiger partial charge in [-0.15, -0.1) is 0 Å². The highest BCUT2D eigenvalue weighted by Crippen LogP contribution is 2.49. The fraction of sp³-hybridized carbons (Fsp3) is 0.435. The van der Waals surface area contributed by atoms with E-state index in [1.165, 1.54) is 7.11 Å². The van der Waals surface area contributed by atoms with Crippen molar-refractivity contribution >= 4 is 5.97 Å². The number of methoxy groups -OCH3 is 2. The Hall–Kier alpha value is -2.53. The third-order valence-electron chi connectivity index (χ3n) is 5.86. The Morgan fingerprint density at radius 1 is 1.09 bits per heavy atom. The minimum Gasteiger partial charge on any atom is -0.497 e. The molecule has 6 atom stereocenters. The molecule has 0 spiro atoms. The lowest BCUT2D eigenvalue weighted by atomic mass is 9.85. The van der Waals surface area contributed by atoms with Crippen molar-refractivity contribution < 1.29 is 43.8 Å². The summed E-state index contributed by atoms with van der Waals surface area (Å²) in [7, 11) is 2.86. The molecule has 0 radical (unpaired) electrons. The monoisotopic (exact) mass is 446 g/mol. The molecule has 0 saturated carbocycles. The second-order valence-corrected chi connectivity index (χ2v) is 7.81. The minimum atomic E-state index is -1.63. The molecular formula is C23H26O9. The lowest BCUT2D eigenvalue weighted by Crippen LogP contribution is -2.56. The fourth-order valence-electron chi connectivity index (χ4n) is 4.13. The third-order valence-corrected chi connectivity index (χ3v) is 5.86. The maximum absolute atomic E-state index is 11.7. The molecule has 9 heteroatoms. The van der Waals surface area contributed by atoms with Gasteiger partial charge in [0.15, 0.2) is 6.29 Å². The van der Waals surface area contributed by atoms with Gasteiger partial charge in [0.25, 0.3) is 0 Å². The van der Waals surface area contributed by atoms with E-state index in [2.05, 4.69) is 0 Å². The van der Waals surface area contributed by atoms with Crippen molar-refractivity contribution in [1.29, 1.82) is 0 Å². The zero-order valence-corrected chi connectivity index (χ0v) is 17.7. The van der Waals surface area contributed by atoms with Crippen molar-refractivity contribution in [1.82, 2.24) is 0 Å². The first kappa shape index (κ1) is 22.7. The molecule has 2 aromatic rings. The number of rotatable bonds is 6. The minimum absolute atomic E-state index is 0.133. The summed E-state index contributed by atoms with van der Waals surface area (Å²) in [6, 6.07) is 13.5. The van der Waals surface area contributed by atoms with Gasteiger partial charge in [-0.3, -0.25) is 0 Å². The van der Waals surface area contributed by atoms with Gasteiger partial charge >= 0.3 is 5.97 Å². The van der Waals surface area contributed by atoms with Gasteiger partial charge in [-0.1, -0.05) is 24.3 Å². The molecule has 2 aromatic carbocycles. The highest BCUT2D eigenvalue weighted by atomic mass is 16.7. The van der Waals surface area contributed by atoms with E-state index in [9.17, 15) is 20.1 Å². The second-order valence-electron chi connectivity index (χ2n) is 7.81. The van der Waals surface area contributed by atoms with Gasteiger partial charge < -0.3 is 39.0 Å². The molecule has 32 heavy (non-hydrogen) atoms. The number of ether oxygens (including phenoxy) is 5. The molecule has 0 amide bonds. The second kappa shape index (κ2) is 9.14. The molecule has 9 nitrogen and oxygen atoms in total. The number of benzene rings is 2. The van der Waals surface area contributed by atoms with E-state index < -0.39 is 48.9 Å². The van der Waals surface area contributed by atoms with Gasteiger partial charge in [-0.25, -0.2) is 4.79 Å². The first-order chi connectivity index (χ1) is 15.4. The lowest BCUT2D eigenvalue weighted by Gasteiger charge is -2.41. The molecule has 2 heterocycles. The molecule has 172 valence electrons. The molecule has 0 bridgehead atoms. The number of carbonyl (C=O) groups is 1. The Kier molecular flexibility index (Phi) is 6.47. The first-order valence-corrected chi connectivity index (χ1v) is 10.2. The highest BCUT2D eigenvalue weighted by Gasteiger charge is 2.61. The SMILES string of the molecule is COC(=O)c1ccc(C2O[C@H](C(O)CO)[C@@H]3OC(c4ccc(OC)cc4)OC[C@@]23O)cc1. The summed E-state index contributed by atoms with van der Waals surface area (Å²) >= 11 is 0. The van der Waals surface area contributed by atoms with Crippen LogP contribution in [0.25, 0.3) is 0 Å². The van der Waals surface area contributed by atoms with Crippen molar-refractivity contribution in [3.63, 3.8) is 0 Å². The van der Waals surface area contributed by atoms with Gasteiger partial charge in [-0.05, 0) is 29.8 Å². The van der Waals surface area contributed by atoms with E-state index >= 15 is 0 Å². The van der Waals surface area contributed by atoms with Crippen LogP contribution in [-0.2, 0) is 18.9 Å². The van der Waals surface area contributed by atoms with Crippen LogP contribution in [-0.4, -0.2) is 72.6 Å². The van der Waals surface area contributed by atoms with Crippen LogP contribution in [0.4, 0.5) is 0 Å². The quantitative estimate of drug-likeness (QED) is 0.560. The number of hydrogen-bond donors (Lipinski definition) is 3. The van der Waals surface area contributed by atoms with E-state index in [1.807, 2.05) is 0 Å². The summed E-state index contributed by atoms with van der Waals surface area (Å²) in [5, 5.41) is 31.4. The molecule has 2 saturated heterocycles. The zero-order valence-electron chi connectivity index (χ0n) is 17.7. The van der Waals surface area contributed by atoms with Gasteiger partial charge in [0.1, 0.15) is 35.8 Å². The van der Waals surface area contributed by atoms with Crippen molar-refractivity contribution in [2.24, 2.45) is 0 Å². The third kappa shape index (κ3) is 3.99. The van der Waals surface area contributed by atoms with E-state index in [1.54, 1.807) is 55.6 Å². The van der Waals surface area contributed by atoms with Crippen molar-refractivity contribution in [3.8, 4) is 5.75 Å². The van der Waals surface area contributed by atoms with Crippen LogP contribution in [0, 0.1) is 0 Å². The van der Waals surface area contributed by atoms with Crippen molar-refractivity contribution in [2.75, 3.05) is 27.4 Å². The molecule has 3 N–H and O–H groups in total. The Labute approximate surface area is 185 Å². The number of esters is 1. The average Bonchev–Trinajstić information content (AvgIpc) is 3.15. The van der Waals surface area contributed by atoms with Crippen LogP contribution in [0.1, 0.15) is 33.9 Å². The van der Waals surface area contributed by atoms with Crippen LogP contribution in [0.2, 0.25) is 0 Å². The predicted octanol–water partition coefficient (Wildman–Crippen LogP) is 1.12. The largest absolute Gasteiger partial charge is 0.497 e. The maximum atomic E-state index is 11.7. The number of carbonyl (C=O) groups excluding carboxylic acids is 1. The summed E-state index contributed by atoms with van der Waals surface area (Å²) in [6.45, 7) is -0.699. The highest BCUT2D eigenvalue weighted by molar-refractivity contribution is 5.89. The van der Waals surface area contributed by atoms with Gasteiger partial charge in [0, 0.05) is 5.56 Å². The van der Waals surface area contributed by atoms with Crippen molar-refractivity contribution in [2.45, 2.75) is 36.3 Å². The van der Waals surface area contributed by atoms with E-state index in [4.69, 9.17) is 23.7 Å². The predicted molar refractivity (Wildman–Crippen MR) is 110 cm³/mol. The summed E-state index contributed by atoms with van der Waals surface area (Å²) in [5.41, 5.74) is -0.0133. The first-order valence-electron chi connectivity index (χ1n) is 10.2. The van der Waals surface area contributed by atoms with Crippen LogP contribution in [0.5, 0.6) is 5.75 Å². The summed E-state index contributed by atoms with van der Waals surface area (Å²) in [5.74, 6) is 0.190. The molecule has 2 fully saturated rings. The van der Waals surface area contributed by atoms with Gasteiger partial charge in [-0.2, -0.15) is 0 Å². The Bertz CT molecular complexity index is 929. The molecule has 2 aliphatic heterocycles. The van der Waals surface area contributed by atoms with Crippen LogP contribution < -0.4 is 4.74 Å². The molecule has 3 unspecified atom stereocenters. The topological polar surface area (TPSA) is 124 Å². The van der Waals surface area contributed by atoms with E-state index in [-0.39, 0.29) is 6.61 Å². The Morgan fingerprint density at radius 2 is 1.75 bits per heavy atom. The molecule has 0 aliphatic carbocycles. The van der Waals surface area contributed by atoms with Crippen LogP contribution in [0.15, 0.2) is 48.5 Å². The molecule has 0 aromatic heterocycles. The van der Waals surface area contributed by atoms with Gasteiger partial charge in [0.2, 0.25) is 0 Å². The summed E-state index contributed by atoms with van der Waals surface area (Å²) in [4.78, 5) is 11.7. The average molecular weight is 446 g/mol. The Balaban J connectivity index is 1.61. The Morgan fingerprint density at radius 3 is 2.34 bits per heavy atom. The standard InChI is InChI=1S/C23H26O9/c1-28-16-9-7-15(8-10-16)22-30-12-23(27)19(31-18(17(25)11-24)20(23)32-22)13-3-5-14(6-4-13)21(26)29-2/h3-10,17-20,22,24-25,27H,11-12H2,1-2H3/t17?,18-,19?,20+,22?,23-/m1/s1. The number of aliphatic hydroxyl groups is 3. The summed E-state index contributed by atoms with van der Waals surface area (Å²) in [6.07, 6.45) is -4.97. The number of fused-ring (bicyclic) bond motifs is 1. The normalized spacial score (nSPS) is 30.4. The number of aliphatic hydroxyl groups excluding tert-OH is 2. The maximum Gasteiger partial charge on any atom is 0.337 e. The molecule has 4 rings (SSSR count). The summed E-state index contributed by atoms with van der Waals surface area (Å²) < 4.78 is 27.8. The van der Waals surface area contributed by atoms with E-state index in [0.29, 0.717) is 22.4 Å². The van der Waals surface area contributed by atoms with Gasteiger partial charge in [0.05, 0.1) is 33.0 Å². The smallest absolute Gasteiger partial charge is 0.337 e. The zero-order chi connectivity index (χ0) is 22.9. The van der Waals surface area contributed by atoms with Crippen molar-refractivity contribution in [3.05, 3.63) is 65.2 Å². The van der Waals surface area contributed by atoms with Crippen LogP contribution in [0.3, 0.4) is 0 Å². The molecule has 2 aliphatic rings. The fourth-order valence-corrected chi connectivity index (χ4v) is 4.13. The molecular weight excluding hydrogens is 420 g/mol. The van der Waals surface area contributed by atoms with E-state index in [0.717, 1.165) is 0 Å².